The van der Waals surface area contributed by atoms with Crippen molar-refractivity contribution in [1.82, 2.24) is 0 Å². The summed E-state index contributed by atoms with van der Waals surface area (Å²) in [5.41, 5.74) is 1.09. The smallest absolute Gasteiger partial charge is 0.264 e. The lowest BCUT2D eigenvalue weighted by Crippen LogP contribution is -2.43. The highest BCUT2D eigenvalue weighted by Gasteiger charge is 2.35. The van der Waals surface area contributed by atoms with Gasteiger partial charge in [0.25, 0.3) is 10.0 Å². The maximum absolute atomic E-state index is 14.5. The normalized spacial score (nSPS) is 15.7. The Labute approximate surface area is 214 Å². The first-order chi connectivity index (χ1) is 17.3. The molecule has 0 bridgehead atoms. The van der Waals surface area contributed by atoms with E-state index in [1.165, 1.54) is 30.3 Å². The molecule has 1 atom stereocenters. The summed E-state index contributed by atoms with van der Waals surface area (Å²) in [7, 11) is -7.60. The van der Waals surface area contributed by atoms with E-state index in [9.17, 15) is 30.4 Å². The fourth-order valence-corrected chi connectivity index (χ4v) is 6.50. The monoisotopic (exact) mass is 549 g/mol. The zero-order valence-electron chi connectivity index (χ0n) is 20.1. The minimum absolute atomic E-state index is 0.0367. The number of benzene rings is 3. The van der Waals surface area contributed by atoms with E-state index in [0.29, 0.717) is 0 Å². The number of rotatable bonds is 8. The van der Waals surface area contributed by atoms with Crippen LogP contribution >= 0.6 is 0 Å². The second-order valence-corrected chi connectivity index (χ2v) is 13.0. The Morgan fingerprint density at radius 3 is 2.49 bits per heavy atom. The van der Waals surface area contributed by atoms with Crippen molar-refractivity contribution in [3.63, 3.8) is 0 Å². The van der Waals surface area contributed by atoms with Gasteiger partial charge in [-0.15, -0.1) is 0 Å². The van der Waals surface area contributed by atoms with Gasteiger partial charge in [-0.05, 0) is 66.9 Å². The SMILES string of the molecule is Cc1cccc(S(=O)(=O)N2C[C@H](CCC(=O)CS(C)(=O)=O)Oc3ccc(-c4cc(F)ccc4F)cc32)c1. The van der Waals surface area contributed by atoms with Crippen molar-refractivity contribution in [1.29, 1.82) is 0 Å². The second kappa shape index (κ2) is 10.2. The molecular formula is C26H25F2NO6S2. The third-order valence-electron chi connectivity index (χ3n) is 5.88. The van der Waals surface area contributed by atoms with Crippen molar-refractivity contribution in [3.8, 4) is 16.9 Å². The lowest BCUT2D eigenvalue weighted by Gasteiger charge is -2.36. The highest BCUT2D eigenvalue weighted by Crippen LogP contribution is 2.41. The van der Waals surface area contributed by atoms with Crippen molar-refractivity contribution < 1.29 is 35.1 Å². The molecule has 0 aromatic heterocycles. The van der Waals surface area contributed by atoms with Gasteiger partial charge in [-0.25, -0.2) is 25.6 Å². The summed E-state index contributed by atoms with van der Waals surface area (Å²) < 4.78 is 85.7. The first-order valence-electron chi connectivity index (χ1n) is 11.4. The molecular weight excluding hydrogens is 524 g/mol. The van der Waals surface area contributed by atoms with Gasteiger partial charge in [0.1, 0.15) is 35.0 Å². The molecule has 0 saturated heterocycles. The van der Waals surface area contributed by atoms with Crippen molar-refractivity contribution in [2.75, 3.05) is 22.9 Å². The number of anilines is 1. The molecule has 1 aliphatic rings. The summed E-state index contributed by atoms with van der Waals surface area (Å²) >= 11 is 0. The maximum Gasteiger partial charge on any atom is 0.264 e. The predicted octanol–water partition coefficient (Wildman–Crippen LogP) is 4.29. The van der Waals surface area contributed by atoms with Gasteiger partial charge in [0.05, 0.1) is 17.1 Å². The van der Waals surface area contributed by atoms with Crippen LogP contribution in [0.2, 0.25) is 0 Å². The lowest BCUT2D eigenvalue weighted by atomic mass is 10.0. The Morgan fingerprint density at radius 2 is 1.78 bits per heavy atom. The molecule has 1 heterocycles. The summed E-state index contributed by atoms with van der Waals surface area (Å²) in [5.74, 6) is -2.24. The minimum Gasteiger partial charge on any atom is -0.486 e. The Balaban J connectivity index is 1.74. The van der Waals surface area contributed by atoms with Gasteiger partial charge in [0.2, 0.25) is 0 Å². The van der Waals surface area contributed by atoms with Crippen LogP contribution in [-0.2, 0) is 24.7 Å². The molecule has 7 nitrogen and oxygen atoms in total. The number of carbonyl (C=O) groups is 1. The number of ether oxygens (including phenoxy) is 1. The summed E-state index contributed by atoms with van der Waals surface area (Å²) in [6.45, 7) is 1.60. The van der Waals surface area contributed by atoms with Crippen LogP contribution in [0.4, 0.5) is 14.5 Å². The van der Waals surface area contributed by atoms with E-state index < -0.39 is 49.1 Å². The van der Waals surface area contributed by atoms with Crippen LogP contribution in [0.25, 0.3) is 11.1 Å². The van der Waals surface area contributed by atoms with Crippen LogP contribution in [0.1, 0.15) is 18.4 Å². The van der Waals surface area contributed by atoms with Gasteiger partial charge in [0, 0.05) is 18.2 Å². The first-order valence-corrected chi connectivity index (χ1v) is 14.9. The predicted molar refractivity (Wildman–Crippen MR) is 136 cm³/mol. The van der Waals surface area contributed by atoms with Gasteiger partial charge >= 0.3 is 0 Å². The van der Waals surface area contributed by atoms with Crippen molar-refractivity contribution in [2.45, 2.75) is 30.8 Å². The van der Waals surface area contributed by atoms with E-state index in [2.05, 4.69) is 0 Å². The van der Waals surface area contributed by atoms with Gasteiger partial charge in [-0.1, -0.05) is 18.2 Å². The van der Waals surface area contributed by atoms with Crippen LogP contribution < -0.4 is 9.04 Å². The molecule has 0 aliphatic carbocycles. The fraction of sp³-hybridized carbons (Fsp3) is 0.269. The number of carbonyl (C=O) groups excluding carboxylic acids is 1. The highest BCUT2D eigenvalue weighted by atomic mass is 32.2. The standard InChI is InChI=1S/C26H25F2NO6S2/c1-17-4-3-5-22(12-17)37(33,34)29-15-21(9-8-20(30)16-36(2,31)32)35-26-11-6-18(13-25(26)29)23-14-19(27)7-10-24(23)28/h3-7,10-14,21H,8-9,15-16H2,1-2H3/t21-/m0/s1. The second-order valence-electron chi connectivity index (χ2n) is 9.05. The molecule has 0 fully saturated rings. The minimum atomic E-state index is -4.11. The molecule has 37 heavy (non-hydrogen) atoms. The molecule has 1 aliphatic heterocycles. The van der Waals surface area contributed by atoms with E-state index >= 15 is 0 Å². The van der Waals surface area contributed by atoms with E-state index in [4.69, 9.17) is 4.74 Å². The van der Waals surface area contributed by atoms with Crippen molar-refractivity contribution in [3.05, 3.63) is 77.9 Å². The van der Waals surface area contributed by atoms with Crippen LogP contribution in [0.15, 0.2) is 65.6 Å². The number of hydrogen-bond acceptors (Lipinski definition) is 6. The summed E-state index contributed by atoms with van der Waals surface area (Å²) in [6, 6.07) is 13.7. The summed E-state index contributed by atoms with van der Waals surface area (Å²) in [5, 5.41) is 0. The molecule has 0 N–H and O–H groups in total. The molecule has 11 heteroatoms. The molecule has 4 rings (SSSR count). The first kappa shape index (κ1) is 26.7. The number of ketones is 1. The van der Waals surface area contributed by atoms with Crippen molar-refractivity contribution >= 4 is 31.3 Å². The number of halogens is 2. The number of aryl methyl sites for hydroxylation is 1. The van der Waals surface area contributed by atoms with Gasteiger partial charge in [0.15, 0.2) is 9.84 Å². The topological polar surface area (TPSA) is 97.8 Å². The average molecular weight is 550 g/mol. The molecule has 0 saturated carbocycles. The zero-order chi connectivity index (χ0) is 27.0. The number of nitrogens with zero attached hydrogens (tertiary/aromatic N) is 1. The van der Waals surface area contributed by atoms with Crippen LogP contribution in [-0.4, -0.2) is 47.3 Å². The number of hydrogen-bond donors (Lipinski definition) is 0. The maximum atomic E-state index is 14.5. The molecule has 3 aromatic rings. The Kier molecular flexibility index (Phi) is 7.38. The molecule has 0 radical (unpaired) electrons. The number of sulfonamides is 1. The number of sulfone groups is 1. The largest absolute Gasteiger partial charge is 0.486 e. The van der Waals surface area contributed by atoms with E-state index in [1.807, 2.05) is 0 Å². The van der Waals surface area contributed by atoms with E-state index in [1.54, 1.807) is 19.1 Å². The van der Waals surface area contributed by atoms with Crippen LogP contribution in [0.3, 0.4) is 0 Å². The molecule has 196 valence electrons. The quantitative estimate of drug-likeness (QED) is 0.416. The van der Waals surface area contributed by atoms with Gasteiger partial charge in [-0.3, -0.25) is 9.10 Å². The third-order valence-corrected chi connectivity index (χ3v) is 8.50. The average Bonchev–Trinajstić information content (AvgIpc) is 2.82. The van der Waals surface area contributed by atoms with E-state index in [-0.39, 0.29) is 46.8 Å². The summed E-state index contributed by atoms with van der Waals surface area (Å²) in [4.78, 5) is 12.1. The van der Waals surface area contributed by atoms with Gasteiger partial charge < -0.3 is 4.74 Å². The Hall–Kier alpha value is -3.31. The number of Topliss-reactive ketones (excluding diaryl/α,β-unsaturated/α-hetero) is 1. The molecule has 0 amide bonds. The van der Waals surface area contributed by atoms with Crippen LogP contribution in [0, 0.1) is 18.6 Å². The van der Waals surface area contributed by atoms with Crippen LogP contribution in [0.5, 0.6) is 5.75 Å². The Morgan fingerprint density at radius 1 is 1.03 bits per heavy atom. The van der Waals surface area contributed by atoms with E-state index in [0.717, 1.165) is 34.3 Å². The summed E-state index contributed by atoms with van der Waals surface area (Å²) in [6.07, 6.45) is 0.201. The highest BCUT2D eigenvalue weighted by molar-refractivity contribution is 7.93. The fourth-order valence-electron chi connectivity index (χ4n) is 4.17. The Bertz CT molecular complexity index is 1570. The lowest BCUT2D eigenvalue weighted by molar-refractivity contribution is -0.117. The molecule has 0 unspecified atom stereocenters. The van der Waals surface area contributed by atoms with Crippen molar-refractivity contribution in [2.24, 2.45) is 0 Å². The van der Waals surface area contributed by atoms with Gasteiger partial charge in [-0.2, -0.15) is 0 Å². The number of fused-ring (bicyclic) bond motifs is 1. The zero-order valence-corrected chi connectivity index (χ0v) is 21.8. The molecule has 3 aromatic carbocycles. The third kappa shape index (κ3) is 6.16. The molecule has 0 spiro atoms.